The number of hydrogen-bond donors (Lipinski definition) is 0. The van der Waals surface area contributed by atoms with Crippen molar-refractivity contribution < 1.29 is 14.3 Å². The molecule has 0 bridgehead atoms. The third-order valence-corrected chi connectivity index (χ3v) is 4.67. The molecule has 6 heteroatoms. The van der Waals surface area contributed by atoms with Crippen molar-refractivity contribution in [3.63, 3.8) is 0 Å². The first-order chi connectivity index (χ1) is 10.9. The maximum Gasteiger partial charge on any atom is 0.293 e. The zero-order valence-electron chi connectivity index (χ0n) is 13.5. The first kappa shape index (κ1) is 18.1. The lowest BCUT2D eigenvalue weighted by molar-refractivity contribution is -0.122. The van der Waals surface area contributed by atoms with Gasteiger partial charge in [-0.15, -0.1) is 0 Å². The molecule has 0 aliphatic carbocycles. The van der Waals surface area contributed by atoms with E-state index in [4.69, 9.17) is 4.74 Å². The van der Waals surface area contributed by atoms with Gasteiger partial charge in [0.2, 0.25) is 0 Å². The van der Waals surface area contributed by atoms with Crippen LogP contribution >= 0.6 is 27.7 Å². The summed E-state index contributed by atoms with van der Waals surface area (Å²) in [6.45, 7) is 7.24. The Hall–Kier alpha value is -1.27. The zero-order chi connectivity index (χ0) is 17.0. The van der Waals surface area contributed by atoms with Gasteiger partial charge in [0.05, 0.1) is 16.0 Å². The van der Waals surface area contributed by atoms with E-state index >= 15 is 0 Å². The zero-order valence-corrected chi connectivity index (χ0v) is 15.9. The molecule has 0 aromatic heterocycles. The van der Waals surface area contributed by atoms with Crippen LogP contribution in [-0.4, -0.2) is 29.2 Å². The molecule has 1 aromatic rings. The van der Waals surface area contributed by atoms with Gasteiger partial charge < -0.3 is 4.74 Å². The molecular weight excluding hydrogens is 378 g/mol. The molecule has 1 fully saturated rings. The maximum atomic E-state index is 12.2. The van der Waals surface area contributed by atoms with E-state index in [0.29, 0.717) is 24.0 Å². The molecule has 2 rings (SSSR count). The molecule has 0 N–H and O–H groups in total. The Morgan fingerprint density at radius 1 is 1.35 bits per heavy atom. The van der Waals surface area contributed by atoms with Crippen LogP contribution in [0.4, 0.5) is 4.79 Å². The predicted octanol–water partition coefficient (Wildman–Crippen LogP) is 4.93. The molecule has 1 aliphatic heterocycles. The van der Waals surface area contributed by atoms with Crippen molar-refractivity contribution in [3.05, 3.63) is 33.1 Å². The number of halogens is 1. The van der Waals surface area contributed by atoms with E-state index in [-0.39, 0.29) is 11.1 Å². The van der Waals surface area contributed by atoms with E-state index in [0.717, 1.165) is 34.0 Å². The van der Waals surface area contributed by atoms with Crippen molar-refractivity contribution in [2.24, 2.45) is 5.92 Å². The van der Waals surface area contributed by atoms with Crippen LogP contribution in [0.25, 0.3) is 6.08 Å². The number of amides is 2. The third kappa shape index (κ3) is 4.61. The summed E-state index contributed by atoms with van der Waals surface area (Å²) in [5, 5.41) is -0.195. The number of imide groups is 1. The van der Waals surface area contributed by atoms with E-state index < -0.39 is 0 Å². The molecule has 0 saturated carbocycles. The number of carbonyl (C=O) groups excluding carboxylic acids is 2. The second-order valence-corrected chi connectivity index (χ2v) is 7.58. The van der Waals surface area contributed by atoms with Crippen LogP contribution < -0.4 is 4.74 Å². The Kier molecular flexibility index (Phi) is 6.30. The van der Waals surface area contributed by atoms with Gasteiger partial charge in [-0.05, 0) is 63.8 Å². The maximum absolute atomic E-state index is 12.2. The molecule has 2 amide bonds. The molecule has 1 heterocycles. The lowest BCUT2D eigenvalue weighted by atomic mass is 10.2. The van der Waals surface area contributed by atoms with Crippen LogP contribution in [0.5, 0.6) is 5.75 Å². The second kappa shape index (κ2) is 8.02. The fourth-order valence-corrected chi connectivity index (χ4v) is 3.42. The molecule has 23 heavy (non-hydrogen) atoms. The molecule has 1 aliphatic rings. The van der Waals surface area contributed by atoms with Gasteiger partial charge in [-0.1, -0.05) is 26.8 Å². The van der Waals surface area contributed by atoms with E-state index in [1.54, 1.807) is 6.08 Å². The van der Waals surface area contributed by atoms with E-state index in [9.17, 15) is 9.59 Å². The fraction of sp³-hybridized carbons (Fsp3) is 0.412. The Morgan fingerprint density at radius 3 is 2.70 bits per heavy atom. The molecular formula is C17H20BrNO3S. The monoisotopic (exact) mass is 397 g/mol. The number of hydrogen-bond acceptors (Lipinski definition) is 4. The van der Waals surface area contributed by atoms with E-state index in [2.05, 4.69) is 29.8 Å². The standard InChI is InChI=1S/C17H20BrNO3S/c1-4-7-19-16(20)15(23-17(19)21)9-12-5-6-14(13(18)8-12)22-10-11(2)3/h5-6,8-9,11H,4,7,10H2,1-3H3/b15-9+. The van der Waals surface area contributed by atoms with Gasteiger partial charge in [0, 0.05) is 6.54 Å². The lowest BCUT2D eigenvalue weighted by Gasteiger charge is -2.11. The highest BCUT2D eigenvalue weighted by atomic mass is 79.9. The number of carbonyl (C=O) groups is 2. The van der Waals surface area contributed by atoms with Gasteiger partial charge in [0.15, 0.2) is 0 Å². The number of nitrogens with zero attached hydrogens (tertiary/aromatic N) is 1. The summed E-state index contributed by atoms with van der Waals surface area (Å²) in [5.41, 5.74) is 0.857. The Labute approximate surface area is 149 Å². The van der Waals surface area contributed by atoms with Gasteiger partial charge >= 0.3 is 0 Å². The van der Waals surface area contributed by atoms with E-state index in [1.165, 1.54) is 4.90 Å². The van der Waals surface area contributed by atoms with Crippen LogP contribution in [-0.2, 0) is 4.79 Å². The normalized spacial score (nSPS) is 16.7. The highest BCUT2D eigenvalue weighted by Crippen LogP contribution is 2.34. The van der Waals surface area contributed by atoms with Crippen LogP contribution in [0.15, 0.2) is 27.6 Å². The molecule has 1 saturated heterocycles. The average Bonchev–Trinajstić information content (AvgIpc) is 2.74. The number of rotatable bonds is 6. The van der Waals surface area contributed by atoms with Crippen molar-refractivity contribution >= 4 is 44.9 Å². The Bertz CT molecular complexity index is 643. The summed E-state index contributed by atoms with van der Waals surface area (Å²) in [4.78, 5) is 25.8. The molecule has 0 spiro atoms. The predicted molar refractivity (Wildman–Crippen MR) is 97.4 cm³/mol. The summed E-state index contributed by atoms with van der Waals surface area (Å²) in [6.07, 6.45) is 2.51. The van der Waals surface area contributed by atoms with Gasteiger partial charge in [0.1, 0.15) is 5.75 Å². The van der Waals surface area contributed by atoms with Gasteiger partial charge in [-0.25, -0.2) is 0 Å². The summed E-state index contributed by atoms with van der Waals surface area (Å²) >= 11 is 4.48. The summed E-state index contributed by atoms with van der Waals surface area (Å²) in [5.74, 6) is 1.01. The summed E-state index contributed by atoms with van der Waals surface area (Å²) < 4.78 is 6.54. The van der Waals surface area contributed by atoms with Crippen molar-refractivity contribution in [1.29, 1.82) is 0 Å². The SMILES string of the molecule is CCCN1C(=O)S/C(=C/c2ccc(OCC(C)C)c(Br)c2)C1=O. The van der Waals surface area contributed by atoms with Gasteiger partial charge in [0.25, 0.3) is 11.1 Å². The number of benzene rings is 1. The van der Waals surface area contributed by atoms with Crippen LogP contribution in [0.3, 0.4) is 0 Å². The first-order valence-electron chi connectivity index (χ1n) is 7.60. The highest BCUT2D eigenvalue weighted by molar-refractivity contribution is 9.10. The van der Waals surface area contributed by atoms with Crippen LogP contribution in [0.2, 0.25) is 0 Å². The van der Waals surface area contributed by atoms with Crippen molar-refractivity contribution in [2.75, 3.05) is 13.2 Å². The van der Waals surface area contributed by atoms with Gasteiger partial charge in [-0.2, -0.15) is 0 Å². The highest BCUT2D eigenvalue weighted by Gasteiger charge is 2.34. The molecule has 1 aromatic carbocycles. The minimum Gasteiger partial charge on any atom is -0.492 e. The largest absolute Gasteiger partial charge is 0.492 e. The Balaban J connectivity index is 2.15. The van der Waals surface area contributed by atoms with E-state index in [1.807, 2.05) is 25.1 Å². The third-order valence-electron chi connectivity index (χ3n) is 3.15. The number of ether oxygens (including phenoxy) is 1. The minimum absolute atomic E-state index is 0.195. The lowest BCUT2D eigenvalue weighted by Crippen LogP contribution is -2.28. The molecule has 0 unspecified atom stereocenters. The van der Waals surface area contributed by atoms with Gasteiger partial charge in [-0.3, -0.25) is 14.5 Å². The minimum atomic E-state index is -0.210. The Morgan fingerprint density at radius 2 is 2.09 bits per heavy atom. The van der Waals surface area contributed by atoms with Crippen LogP contribution in [0, 0.1) is 5.92 Å². The summed E-state index contributed by atoms with van der Waals surface area (Å²) in [7, 11) is 0. The second-order valence-electron chi connectivity index (χ2n) is 5.73. The van der Waals surface area contributed by atoms with Crippen molar-refractivity contribution in [1.82, 2.24) is 4.90 Å². The summed E-state index contributed by atoms with van der Waals surface area (Å²) in [6, 6.07) is 5.65. The van der Waals surface area contributed by atoms with Crippen LogP contribution in [0.1, 0.15) is 32.8 Å². The molecule has 0 radical (unpaired) electrons. The topological polar surface area (TPSA) is 46.6 Å². The smallest absolute Gasteiger partial charge is 0.293 e. The quantitative estimate of drug-likeness (QED) is 0.638. The first-order valence-corrected chi connectivity index (χ1v) is 9.21. The fourth-order valence-electron chi connectivity index (χ4n) is 2.05. The molecule has 0 atom stereocenters. The van der Waals surface area contributed by atoms with Crippen molar-refractivity contribution in [3.8, 4) is 5.75 Å². The van der Waals surface area contributed by atoms with Crippen molar-refractivity contribution in [2.45, 2.75) is 27.2 Å². The average molecular weight is 398 g/mol. The molecule has 124 valence electrons. The number of thioether (sulfide) groups is 1. The molecule has 4 nitrogen and oxygen atoms in total.